The summed E-state index contributed by atoms with van der Waals surface area (Å²) in [5.41, 5.74) is 5.57. The van der Waals surface area contributed by atoms with Gasteiger partial charge in [-0.2, -0.15) is 0 Å². The van der Waals surface area contributed by atoms with Gasteiger partial charge in [-0.15, -0.1) is 0 Å². The number of ether oxygens (including phenoxy) is 2. The van der Waals surface area contributed by atoms with E-state index in [2.05, 4.69) is 10.9 Å². The molecular weight excluding hydrogens is 296 g/mol. The van der Waals surface area contributed by atoms with Crippen molar-refractivity contribution >= 4 is 12.1 Å². The molecule has 1 amide bonds. The first-order valence-corrected chi connectivity index (χ1v) is 7.77. The molecule has 1 rings (SSSR count). The minimum Gasteiger partial charge on any atom is -0.466 e. The Bertz CT molecular complexity index is 497. The molecule has 0 heterocycles. The fourth-order valence-corrected chi connectivity index (χ4v) is 2.00. The molecule has 0 fully saturated rings. The van der Waals surface area contributed by atoms with Gasteiger partial charge in [-0.25, -0.2) is 10.2 Å². The zero-order chi connectivity index (χ0) is 17.3. The predicted molar refractivity (Wildman–Crippen MR) is 87.8 cm³/mol. The van der Waals surface area contributed by atoms with Crippen LogP contribution in [-0.2, 0) is 14.3 Å². The second kappa shape index (κ2) is 9.15. The molecule has 1 atom stereocenters. The Morgan fingerprint density at radius 1 is 1.17 bits per heavy atom. The summed E-state index contributed by atoms with van der Waals surface area (Å²) in [5, 5.41) is 0. The molecule has 0 bridgehead atoms. The van der Waals surface area contributed by atoms with Crippen molar-refractivity contribution in [3.8, 4) is 0 Å². The van der Waals surface area contributed by atoms with E-state index in [1.807, 2.05) is 30.3 Å². The minimum atomic E-state index is -0.552. The van der Waals surface area contributed by atoms with E-state index >= 15 is 0 Å². The summed E-state index contributed by atoms with van der Waals surface area (Å²) in [6, 6.07) is 9.45. The van der Waals surface area contributed by atoms with Crippen molar-refractivity contribution in [2.45, 2.75) is 45.6 Å². The summed E-state index contributed by atoms with van der Waals surface area (Å²) in [7, 11) is 0. The van der Waals surface area contributed by atoms with E-state index in [9.17, 15) is 9.59 Å². The summed E-state index contributed by atoms with van der Waals surface area (Å²) in [6.45, 7) is 7.90. The lowest BCUT2D eigenvalue weighted by Gasteiger charge is -2.20. The van der Waals surface area contributed by atoms with E-state index in [4.69, 9.17) is 9.47 Å². The molecule has 0 spiro atoms. The third kappa shape index (κ3) is 7.65. The third-order valence-corrected chi connectivity index (χ3v) is 2.92. The number of hydrazine groups is 1. The highest BCUT2D eigenvalue weighted by Crippen LogP contribution is 2.20. The Kier molecular flexibility index (Phi) is 7.54. The van der Waals surface area contributed by atoms with Gasteiger partial charge in [-0.1, -0.05) is 30.3 Å². The third-order valence-electron chi connectivity index (χ3n) is 2.92. The fraction of sp³-hybridized carbons (Fsp3) is 0.529. The van der Waals surface area contributed by atoms with Crippen molar-refractivity contribution in [1.82, 2.24) is 10.9 Å². The SMILES string of the molecule is CCOC(=O)C(CCNNC(=O)OC(C)(C)C)c1ccccc1. The minimum absolute atomic E-state index is 0.266. The van der Waals surface area contributed by atoms with Gasteiger partial charge in [0.1, 0.15) is 5.60 Å². The molecule has 1 aromatic carbocycles. The number of nitrogens with one attached hydrogen (secondary N) is 2. The summed E-state index contributed by atoms with van der Waals surface area (Å²) in [4.78, 5) is 23.6. The van der Waals surface area contributed by atoms with Crippen LogP contribution < -0.4 is 10.9 Å². The molecule has 1 aromatic rings. The van der Waals surface area contributed by atoms with Crippen LogP contribution in [0.3, 0.4) is 0 Å². The first-order chi connectivity index (χ1) is 10.8. The number of carbonyl (C=O) groups is 2. The number of hydrogen-bond acceptors (Lipinski definition) is 5. The van der Waals surface area contributed by atoms with Gasteiger partial charge in [0.05, 0.1) is 12.5 Å². The molecule has 6 heteroatoms. The van der Waals surface area contributed by atoms with E-state index in [-0.39, 0.29) is 11.9 Å². The van der Waals surface area contributed by atoms with Crippen molar-refractivity contribution in [2.75, 3.05) is 13.2 Å². The maximum absolute atomic E-state index is 12.1. The zero-order valence-electron chi connectivity index (χ0n) is 14.2. The number of rotatable bonds is 7. The molecule has 0 aliphatic carbocycles. The smallest absolute Gasteiger partial charge is 0.422 e. The van der Waals surface area contributed by atoms with Crippen LogP contribution in [0, 0.1) is 0 Å². The number of esters is 1. The topological polar surface area (TPSA) is 76.7 Å². The maximum atomic E-state index is 12.1. The number of amides is 1. The van der Waals surface area contributed by atoms with Crippen molar-refractivity contribution in [1.29, 1.82) is 0 Å². The fourth-order valence-electron chi connectivity index (χ4n) is 2.00. The standard InChI is InChI=1S/C17H26N2O4/c1-5-22-15(20)14(13-9-7-6-8-10-13)11-12-18-19-16(21)23-17(2,3)4/h6-10,14,18H,5,11-12H2,1-4H3,(H,19,21). The van der Waals surface area contributed by atoms with Crippen molar-refractivity contribution in [3.63, 3.8) is 0 Å². The molecule has 0 radical (unpaired) electrons. The summed E-state index contributed by atoms with van der Waals surface area (Å²) >= 11 is 0. The highest BCUT2D eigenvalue weighted by Gasteiger charge is 2.21. The Morgan fingerprint density at radius 2 is 1.83 bits per heavy atom. The van der Waals surface area contributed by atoms with E-state index in [0.29, 0.717) is 19.6 Å². The van der Waals surface area contributed by atoms with Crippen LogP contribution in [0.1, 0.15) is 45.6 Å². The molecule has 2 N–H and O–H groups in total. The van der Waals surface area contributed by atoms with Crippen LogP contribution in [0.5, 0.6) is 0 Å². The van der Waals surface area contributed by atoms with Crippen LogP contribution in [-0.4, -0.2) is 30.8 Å². The zero-order valence-corrected chi connectivity index (χ0v) is 14.2. The van der Waals surface area contributed by atoms with Crippen LogP contribution in [0.25, 0.3) is 0 Å². The molecular formula is C17H26N2O4. The second-order valence-corrected chi connectivity index (χ2v) is 6.06. The van der Waals surface area contributed by atoms with Gasteiger partial charge in [-0.05, 0) is 39.7 Å². The van der Waals surface area contributed by atoms with Gasteiger partial charge in [0.25, 0.3) is 0 Å². The van der Waals surface area contributed by atoms with E-state index < -0.39 is 11.7 Å². The van der Waals surface area contributed by atoms with Gasteiger partial charge < -0.3 is 9.47 Å². The molecule has 0 aliphatic heterocycles. The van der Waals surface area contributed by atoms with Crippen LogP contribution >= 0.6 is 0 Å². The van der Waals surface area contributed by atoms with Crippen molar-refractivity contribution < 1.29 is 19.1 Å². The highest BCUT2D eigenvalue weighted by molar-refractivity contribution is 5.78. The molecule has 0 aromatic heterocycles. The Balaban J connectivity index is 2.49. The second-order valence-electron chi connectivity index (χ2n) is 6.06. The lowest BCUT2D eigenvalue weighted by atomic mass is 9.96. The molecule has 128 valence electrons. The first-order valence-electron chi connectivity index (χ1n) is 7.77. The summed E-state index contributed by atoms with van der Waals surface area (Å²) in [5.74, 6) is -0.637. The van der Waals surface area contributed by atoms with E-state index in [1.165, 1.54) is 0 Å². The predicted octanol–water partition coefficient (Wildman–Crippen LogP) is 2.75. The van der Waals surface area contributed by atoms with E-state index in [0.717, 1.165) is 5.56 Å². The molecule has 1 unspecified atom stereocenters. The lowest BCUT2D eigenvalue weighted by molar-refractivity contribution is -0.145. The number of carbonyl (C=O) groups excluding carboxylic acids is 2. The summed E-state index contributed by atoms with van der Waals surface area (Å²) < 4.78 is 10.2. The van der Waals surface area contributed by atoms with Gasteiger partial charge in [-0.3, -0.25) is 10.2 Å². The Hall–Kier alpha value is -2.08. The lowest BCUT2D eigenvalue weighted by Crippen LogP contribution is -2.42. The van der Waals surface area contributed by atoms with Gasteiger partial charge >= 0.3 is 12.1 Å². The Morgan fingerprint density at radius 3 is 2.39 bits per heavy atom. The maximum Gasteiger partial charge on any atom is 0.422 e. The van der Waals surface area contributed by atoms with Gasteiger partial charge in [0.2, 0.25) is 0 Å². The average Bonchev–Trinajstić information content (AvgIpc) is 2.46. The van der Waals surface area contributed by atoms with Crippen LogP contribution in [0.2, 0.25) is 0 Å². The van der Waals surface area contributed by atoms with E-state index in [1.54, 1.807) is 27.7 Å². The normalized spacial score (nSPS) is 12.3. The van der Waals surface area contributed by atoms with Crippen molar-refractivity contribution in [2.24, 2.45) is 0 Å². The molecule has 0 saturated carbocycles. The molecule has 23 heavy (non-hydrogen) atoms. The molecule has 0 aliphatic rings. The number of benzene rings is 1. The Labute approximate surface area is 137 Å². The summed E-state index contributed by atoms with van der Waals surface area (Å²) in [6.07, 6.45) is -0.0524. The van der Waals surface area contributed by atoms with Crippen molar-refractivity contribution in [3.05, 3.63) is 35.9 Å². The number of hydrogen-bond donors (Lipinski definition) is 2. The molecule has 0 saturated heterocycles. The average molecular weight is 322 g/mol. The largest absolute Gasteiger partial charge is 0.466 e. The first kappa shape index (κ1) is 19.0. The monoisotopic (exact) mass is 322 g/mol. The quantitative estimate of drug-likeness (QED) is 0.458. The van der Waals surface area contributed by atoms with Gasteiger partial charge in [0, 0.05) is 6.54 Å². The molecule has 6 nitrogen and oxygen atoms in total. The van der Waals surface area contributed by atoms with Crippen LogP contribution in [0.4, 0.5) is 4.79 Å². The van der Waals surface area contributed by atoms with Crippen LogP contribution in [0.15, 0.2) is 30.3 Å². The van der Waals surface area contributed by atoms with Gasteiger partial charge in [0.15, 0.2) is 0 Å². The highest BCUT2D eigenvalue weighted by atomic mass is 16.6.